The van der Waals surface area contributed by atoms with Gasteiger partial charge in [-0.1, -0.05) is 24.3 Å². The maximum absolute atomic E-state index is 14.5. The predicted molar refractivity (Wildman–Crippen MR) is 99.8 cm³/mol. The van der Waals surface area contributed by atoms with E-state index >= 15 is 0 Å². The third-order valence-electron chi connectivity index (χ3n) is 5.23. The fraction of sp³-hybridized carbons (Fsp3) is 0.0476. The minimum Gasteiger partial charge on any atom is -0.508 e. The molecule has 1 atom stereocenters. The minimum atomic E-state index is -1.54. The molecule has 0 radical (unpaired) electrons. The van der Waals surface area contributed by atoms with Gasteiger partial charge >= 0.3 is 5.76 Å². The van der Waals surface area contributed by atoms with Crippen molar-refractivity contribution >= 4 is 22.7 Å². The van der Waals surface area contributed by atoms with E-state index in [1.54, 1.807) is 12.1 Å². The van der Waals surface area contributed by atoms with Crippen molar-refractivity contribution < 1.29 is 23.1 Å². The van der Waals surface area contributed by atoms with Crippen LogP contribution in [0.2, 0.25) is 0 Å². The van der Waals surface area contributed by atoms with Crippen LogP contribution in [0.5, 0.6) is 5.75 Å². The number of anilines is 1. The van der Waals surface area contributed by atoms with Crippen LogP contribution in [0.25, 0.3) is 11.1 Å². The van der Waals surface area contributed by atoms with Crippen LogP contribution < -0.4 is 11.1 Å². The second kappa shape index (κ2) is 5.78. The Morgan fingerprint density at radius 2 is 1.66 bits per heavy atom. The Bertz CT molecular complexity index is 1360. The quantitative estimate of drug-likeness (QED) is 0.486. The van der Waals surface area contributed by atoms with Crippen molar-refractivity contribution in [3.05, 3.63) is 93.5 Å². The molecule has 8 heteroatoms. The summed E-state index contributed by atoms with van der Waals surface area (Å²) in [7, 11) is 0. The van der Waals surface area contributed by atoms with Crippen LogP contribution in [0, 0.1) is 11.6 Å². The van der Waals surface area contributed by atoms with Gasteiger partial charge in [0.05, 0.1) is 11.2 Å². The normalized spacial score (nSPS) is 18.1. The van der Waals surface area contributed by atoms with Gasteiger partial charge in [-0.05, 0) is 41.5 Å². The number of carbonyl (C=O) groups excluding carboxylic acids is 1. The highest BCUT2D eigenvalue weighted by Crippen LogP contribution is 2.49. The van der Waals surface area contributed by atoms with E-state index in [2.05, 4.69) is 10.3 Å². The standard InChI is InChI=1S/C21H12F2N2O4/c22-14-7-6-13-18(17(14)23)25-19(27)21(13,10-1-4-12(26)5-2-10)11-3-8-15-16(9-11)29-20(28)24-15/h1-9,26H,(H,24,28)(H,25,27). The van der Waals surface area contributed by atoms with Crippen LogP contribution in [0.4, 0.5) is 14.5 Å². The highest BCUT2D eigenvalue weighted by atomic mass is 19.2. The molecule has 0 bridgehead atoms. The molecule has 29 heavy (non-hydrogen) atoms. The Labute approximate surface area is 161 Å². The summed E-state index contributed by atoms with van der Waals surface area (Å²) in [5.41, 5.74) is -0.113. The minimum absolute atomic E-state index is 0.0140. The van der Waals surface area contributed by atoms with E-state index < -0.39 is 28.7 Å². The molecule has 1 amide bonds. The van der Waals surface area contributed by atoms with E-state index in [0.29, 0.717) is 16.6 Å². The first-order chi connectivity index (χ1) is 13.9. The van der Waals surface area contributed by atoms with Gasteiger partial charge in [0.25, 0.3) is 0 Å². The molecule has 144 valence electrons. The Balaban J connectivity index is 1.89. The molecule has 1 aliphatic rings. The lowest BCUT2D eigenvalue weighted by Gasteiger charge is -2.29. The molecular formula is C21H12F2N2O4. The number of aromatic nitrogens is 1. The lowest BCUT2D eigenvalue weighted by atomic mass is 9.70. The third kappa shape index (κ3) is 2.25. The van der Waals surface area contributed by atoms with E-state index in [9.17, 15) is 23.5 Å². The topological polar surface area (TPSA) is 95.3 Å². The summed E-state index contributed by atoms with van der Waals surface area (Å²) < 4.78 is 33.4. The SMILES string of the molecule is O=C1Nc2c(ccc(F)c2F)C1(c1ccc(O)cc1)c1ccc2[nH]c(=O)oc2c1. The van der Waals surface area contributed by atoms with Crippen LogP contribution in [-0.4, -0.2) is 16.0 Å². The summed E-state index contributed by atoms with van der Waals surface area (Å²) in [5.74, 6) is -3.51. The number of oxazole rings is 1. The Kier molecular flexibility index (Phi) is 3.42. The number of phenolic OH excluding ortho intramolecular Hbond substituents is 1. The van der Waals surface area contributed by atoms with Crippen molar-refractivity contribution in [1.29, 1.82) is 0 Å². The fourth-order valence-corrected chi connectivity index (χ4v) is 3.94. The molecule has 6 nitrogen and oxygen atoms in total. The maximum Gasteiger partial charge on any atom is 0.417 e. The van der Waals surface area contributed by atoms with Crippen LogP contribution >= 0.6 is 0 Å². The second-order valence-corrected chi connectivity index (χ2v) is 6.76. The van der Waals surface area contributed by atoms with E-state index in [1.807, 2.05) is 0 Å². The highest BCUT2D eigenvalue weighted by Gasteiger charge is 2.51. The summed E-state index contributed by atoms with van der Waals surface area (Å²) in [6, 6.07) is 12.9. The lowest BCUT2D eigenvalue weighted by Crippen LogP contribution is -2.37. The van der Waals surface area contributed by atoms with Crippen molar-refractivity contribution in [3.8, 4) is 5.75 Å². The van der Waals surface area contributed by atoms with Crippen molar-refractivity contribution in [2.24, 2.45) is 0 Å². The largest absolute Gasteiger partial charge is 0.508 e. The molecule has 0 spiro atoms. The number of halogens is 2. The number of hydrogen-bond donors (Lipinski definition) is 3. The second-order valence-electron chi connectivity index (χ2n) is 6.76. The first-order valence-electron chi connectivity index (χ1n) is 8.64. The van der Waals surface area contributed by atoms with Gasteiger partial charge < -0.3 is 14.8 Å². The number of amides is 1. The first-order valence-corrected chi connectivity index (χ1v) is 8.64. The van der Waals surface area contributed by atoms with Crippen molar-refractivity contribution in [2.45, 2.75) is 5.41 Å². The van der Waals surface area contributed by atoms with E-state index in [0.717, 1.165) is 6.07 Å². The van der Waals surface area contributed by atoms with Gasteiger partial charge in [0, 0.05) is 5.56 Å². The van der Waals surface area contributed by atoms with Crippen LogP contribution in [0.1, 0.15) is 16.7 Å². The number of nitrogens with one attached hydrogen (secondary N) is 2. The van der Waals surface area contributed by atoms with Crippen molar-refractivity contribution in [3.63, 3.8) is 0 Å². The van der Waals surface area contributed by atoms with Gasteiger partial charge in [0.2, 0.25) is 5.91 Å². The summed E-state index contributed by atoms with van der Waals surface area (Å²) >= 11 is 0. The van der Waals surface area contributed by atoms with Gasteiger partial charge in [-0.2, -0.15) is 0 Å². The number of fused-ring (bicyclic) bond motifs is 2. The zero-order valence-electron chi connectivity index (χ0n) is 14.6. The first kappa shape index (κ1) is 17.2. The average Bonchev–Trinajstić information content (AvgIpc) is 3.22. The predicted octanol–water partition coefficient (Wildman–Crippen LogP) is 3.39. The van der Waals surface area contributed by atoms with Gasteiger partial charge in [-0.15, -0.1) is 0 Å². The highest BCUT2D eigenvalue weighted by molar-refractivity contribution is 6.11. The summed E-state index contributed by atoms with van der Waals surface area (Å²) in [5, 5.41) is 12.1. The van der Waals surface area contributed by atoms with Crippen LogP contribution in [0.3, 0.4) is 0 Å². The van der Waals surface area contributed by atoms with Gasteiger partial charge in [0.15, 0.2) is 17.2 Å². The van der Waals surface area contributed by atoms with E-state index in [-0.39, 0.29) is 22.6 Å². The molecule has 4 aromatic rings. The summed E-state index contributed by atoms with van der Waals surface area (Å²) in [4.78, 5) is 27.3. The molecule has 1 aliphatic heterocycles. The lowest BCUT2D eigenvalue weighted by molar-refractivity contribution is -0.118. The molecule has 0 saturated heterocycles. The molecule has 3 N–H and O–H groups in total. The van der Waals surface area contributed by atoms with Crippen molar-refractivity contribution in [1.82, 2.24) is 4.98 Å². The average molecular weight is 394 g/mol. The number of aromatic hydroxyl groups is 1. The van der Waals surface area contributed by atoms with Crippen molar-refractivity contribution in [2.75, 3.05) is 5.32 Å². The molecule has 0 aliphatic carbocycles. The summed E-state index contributed by atoms with van der Waals surface area (Å²) in [6.45, 7) is 0. The zero-order chi connectivity index (χ0) is 20.3. The van der Waals surface area contributed by atoms with Gasteiger partial charge in [-0.3, -0.25) is 9.78 Å². The number of rotatable bonds is 2. The number of carbonyl (C=O) groups is 1. The Morgan fingerprint density at radius 3 is 2.41 bits per heavy atom. The molecule has 1 unspecified atom stereocenters. The smallest absolute Gasteiger partial charge is 0.417 e. The Morgan fingerprint density at radius 1 is 0.931 bits per heavy atom. The fourth-order valence-electron chi connectivity index (χ4n) is 3.94. The van der Waals surface area contributed by atoms with E-state index in [4.69, 9.17) is 4.42 Å². The molecule has 0 saturated carbocycles. The van der Waals surface area contributed by atoms with Crippen LogP contribution in [0.15, 0.2) is 63.8 Å². The van der Waals surface area contributed by atoms with Crippen LogP contribution in [-0.2, 0) is 10.2 Å². The number of hydrogen-bond acceptors (Lipinski definition) is 4. The maximum atomic E-state index is 14.5. The van der Waals surface area contributed by atoms with E-state index in [1.165, 1.54) is 36.4 Å². The van der Waals surface area contributed by atoms with Gasteiger partial charge in [-0.25, -0.2) is 13.6 Å². The molecule has 5 rings (SSSR count). The monoisotopic (exact) mass is 394 g/mol. The number of aromatic amines is 1. The molecule has 1 aromatic heterocycles. The Hall–Kier alpha value is -3.94. The number of phenols is 1. The zero-order valence-corrected chi connectivity index (χ0v) is 14.6. The molecule has 3 aromatic carbocycles. The number of benzene rings is 3. The number of H-pyrrole nitrogens is 1. The molecule has 0 fully saturated rings. The third-order valence-corrected chi connectivity index (χ3v) is 5.23. The molecule has 2 heterocycles. The summed E-state index contributed by atoms with van der Waals surface area (Å²) in [6.07, 6.45) is 0. The molecular weight excluding hydrogens is 382 g/mol. The van der Waals surface area contributed by atoms with Gasteiger partial charge in [0.1, 0.15) is 11.2 Å².